The fourth-order valence-electron chi connectivity index (χ4n) is 2.43. The first-order valence-electron chi connectivity index (χ1n) is 7.28. The van der Waals surface area contributed by atoms with Crippen LogP contribution in [0.4, 0.5) is 0 Å². The number of hydrogen-bond acceptors (Lipinski definition) is 6. The number of aryl methyl sites for hydroxylation is 1. The first-order chi connectivity index (χ1) is 11.9. The lowest BCUT2D eigenvalue weighted by Gasteiger charge is -2.12. The Morgan fingerprint density at radius 2 is 1.56 bits per heavy atom. The third-order valence-electron chi connectivity index (χ3n) is 3.72. The van der Waals surface area contributed by atoms with Crippen LogP contribution in [0.2, 0.25) is 5.28 Å². The van der Waals surface area contributed by atoms with Crippen LogP contribution in [-0.2, 0) is 9.84 Å². The lowest BCUT2D eigenvalue weighted by atomic mass is 10.2. The van der Waals surface area contributed by atoms with Crippen molar-refractivity contribution in [2.75, 3.05) is 14.2 Å². The van der Waals surface area contributed by atoms with Crippen LogP contribution in [-0.4, -0.2) is 32.6 Å². The van der Waals surface area contributed by atoms with E-state index in [9.17, 15) is 8.42 Å². The third-order valence-corrected chi connectivity index (χ3v) is 5.61. The van der Waals surface area contributed by atoms with Gasteiger partial charge in [0.15, 0.2) is 16.5 Å². The fourth-order valence-corrected chi connectivity index (χ4v) is 4.04. The smallest absolute Gasteiger partial charge is 0.224 e. The molecule has 0 N–H and O–H groups in total. The summed E-state index contributed by atoms with van der Waals surface area (Å²) in [6, 6.07) is 9.62. The molecule has 0 amide bonds. The summed E-state index contributed by atoms with van der Waals surface area (Å²) in [7, 11) is -0.932. The molecule has 1 heterocycles. The molecule has 130 valence electrons. The molecule has 2 aromatic carbocycles. The standard InChI is InChI=1S/C17H15ClN2O4S/c1-10-4-6-11(7-5-10)25(21,22)16-12-8-14(23-2)15(24-3)9-13(12)19-17(18)20-16/h4-9H,1-3H3. The van der Waals surface area contributed by atoms with Crippen LogP contribution in [0.15, 0.2) is 46.3 Å². The number of benzene rings is 2. The highest BCUT2D eigenvalue weighted by atomic mass is 35.5. The first kappa shape index (κ1) is 17.4. The predicted molar refractivity (Wildman–Crippen MR) is 94.3 cm³/mol. The summed E-state index contributed by atoms with van der Waals surface area (Å²) < 4.78 is 36.6. The van der Waals surface area contributed by atoms with E-state index in [-0.39, 0.29) is 15.2 Å². The van der Waals surface area contributed by atoms with Crippen LogP contribution in [0.3, 0.4) is 0 Å². The van der Waals surface area contributed by atoms with E-state index in [0.29, 0.717) is 22.4 Å². The SMILES string of the molecule is COc1cc2nc(Cl)nc(S(=O)(=O)c3ccc(C)cc3)c2cc1OC. The number of fused-ring (bicyclic) bond motifs is 1. The van der Waals surface area contributed by atoms with Gasteiger partial charge in [-0.2, -0.15) is 0 Å². The molecule has 25 heavy (non-hydrogen) atoms. The van der Waals surface area contributed by atoms with Crippen molar-refractivity contribution in [2.24, 2.45) is 0 Å². The van der Waals surface area contributed by atoms with Crippen LogP contribution >= 0.6 is 11.6 Å². The molecule has 0 bridgehead atoms. The molecule has 0 atom stereocenters. The molecular weight excluding hydrogens is 364 g/mol. The van der Waals surface area contributed by atoms with Crippen LogP contribution < -0.4 is 9.47 Å². The van der Waals surface area contributed by atoms with E-state index in [0.717, 1.165) is 5.56 Å². The van der Waals surface area contributed by atoms with Gasteiger partial charge in [0.25, 0.3) is 0 Å². The molecular formula is C17H15ClN2O4S. The quantitative estimate of drug-likeness (QED) is 0.511. The number of hydrogen-bond donors (Lipinski definition) is 0. The van der Waals surface area contributed by atoms with Crippen molar-refractivity contribution < 1.29 is 17.9 Å². The number of ether oxygens (including phenoxy) is 2. The molecule has 0 aliphatic carbocycles. The fraction of sp³-hybridized carbons (Fsp3) is 0.176. The Bertz CT molecular complexity index is 1050. The average molecular weight is 379 g/mol. The highest BCUT2D eigenvalue weighted by molar-refractivity contribution is 7.91. The van der Waals surface area contributed by atoms with Crippen LogP contribution in [0.25, 0.3) is 10.9 Å². The Kier molecular flexibility index (Phi) is 4.53. The number of nitrogens with zero attached hydrogens (tertiary/aromatic N) is 2. The highest BCUT2D eigenvalue weighted by Gasteiger charge is 2.25. The van der Waals surface area contributed by atoms with Crippen LogP contribution in [0.5, 0.6) is 11.5 Å². The maximum atomic E-state index is 13.0. The van der Waals surface area contributed by atoms with E-state index in [2.05, 4.69) is 9.97 Å². The summed E-state index contributed by atoms with van der Waals surface area (Å²) in [6.07, 6.45) is 0. The largest absolute Gasteiger partial charge is 0.493 e. The molecule has 1 aromatic heterocycles. The lowest BCUT2D eigenvalue weighted by molar-refractivity contribution is 0.355. The van der Waals surface area contributed by atoms with Gasteiger partial charge >= 0.3 is 0 Å². The molecule has 0 aliphatic heterocycles. The zero-order chi connectivity index (χ0) is 18.2. The van der Waals surface area contributed by atoms with Crippen LogP contribution in [0.1, 0.15) is 5.56 Å². The van der Waals surface area contributed by atoms with Crippen molar-refractivity contribution >= 4 is 32.3 Å². The van der Waals surface area contributed by atoms with Gasteiger partial charge in [-0.15, -0.1) is 0 Å². The molecule has 0 spiro atoms. The van der Waals surface area contributed by atoms with E-state index in [1.165, 1.54) is 32.4 Å². The Morgan fingerprint density at radius 3 is 2.16 bits per heavy atom. The minimum Gasteiger partial charge on any atom is -0.493 e. The normalized spacial score (nSPS) is 11.5. The van der Waals surface area contributed by atoms with Gasteiger partial charge in [0.2, 0.25) is 15.1 Å². The molecule has 0 radical (unpaired) electrons. The van der Waals surface area contributed by atoms with Crippen molar-refractivity contribution in [1.82, 2.24) is 9.97 Å². The zero-order valence-electron chi connectivity index (χ0n) is 13.8. The van der Waals surface area contributed by atoms with E-state index < -0.39 is 9.84 Å². The predicted octanol–water partition coefficient (Wildman–Crippen LogP) is 3.44. The number of halogens is 1. The minimum atomic E-state index is -3.88. The van der Waals surface area contributed by atoms with Gasteiger partial charge < -0.3 is 9.47 Å². The maximum absolute atomic E-state index is 13.0. The highest BCUT2D eigenvalue weighted by Crippen LogP contribution is 2.35. The van der Waals surface area contributed by atoms with Gasteiger partial charge in [-0.25, -0.2) is 18.4 Å². The minimum absolute atomic E-state index is 0.129. The number of aromatic nitrogens is 2. The van der Waals surface area contributed by atoms with Gasteiger partial charge in [-0.3, -0.25) is 0 Å². The van der Waals surface area contributed by atoms with E-state index in [4.69, 9.17) is 21.1 Å². The number of methoxy groups -OCH3 is 2. The summed E-state index contributed by atoms with van der Waals surface area (Å²) in [5.41, 5.74) is 1.30. The maximum Gasteiger partial charge on any atom is 0.224 e. The van der Waals surface area contributed by atoms with E-state index in [1.54, 1.807) is 18.2 Å². The third kappa shape index (κ3) is 3.12. The van der Waals surface area contributed by atoms with Gasteiger partial charge in [0, 0.05) is 11.5 Å². The Hall–Kier alpha value is -2.38. The van der Waals surface area contributed by atoms with Crippen molar-refractivity contribution in [3.8, 4) is 11.5 Å². The van der Waals surface area contributed by atoms with Crippen molar-refractivity contribution in [3.63, 3.8) is 0 Å². The molecule has 6 nitrogen and oxygen atoms in total. The van der Waals surface area contributed by atoms with E-state index >= 15 is 0 Å². The van der Waals surface area contributed by atoms with Crippen molar-refractivity contribution in [3.05, 3.63) is 47.2 Å². The molecule has 0 unspecified atom stereocenters. The molecule has 0 fully saturated rings. The molecule has 3 rings (SSSR count). The number of rotatable bonds is 4. The summed E-state index contributed by atoms with van der Waals surface area (Å²) in [4.78, 5) is 8.20. The van der Waals surface area contributed by atoms with Gasteiger partial charge in [-0.1, -0.05) is 17.7 Å². The Morgan fingerprint density at radius 1 is 0.960 bits per heavy atom. The number of sulfone groups is 1. The zero-order valence-corrected chi connectivity index (χ0v) is 15.4. The second kappa shape index (κ2) is 6.50. The van der Waals surface area contributed by atoms with Crippen LogP contribution in [0, 0.1) is 6.92 Å². The second-order valence-electron chi connectivity index (χ2n) is 5.34. The van der Waals surface area contributed by atoms with Crippen molar-refractivity contribution in [1.29, 1.82) is 0 Å². The second-order valence-corrected chi connectivity index (χ2v) is 7.54. The molecule has 3 aromatic rings. The average Bonchev–Trinajstić information content (AvgIpc) is 2.60. The molecule has 8 heteroatoms. The lowest BCUT2D eigenvalue weighted by Crippen LogP contribution is -2.07. The van der Waals surface area contributed by atoms with Gasteiger partial charge in [-0.05, 0) is 36.7 Å². The topological polar surface area (TPSA) is 78.4 Å². The van der Waals surface area contributed by atoms with Gasteiger partial charge in [0.1, 0.15) is 0 Å². The summed E-state index contributed by atoms with van der Waals surface area (Å²) in [6.45, 7) is 1.88. The summed E-state index contributed by atoms with van der Waals surface area (Å²) in [5.74, 6) is 0.796. The Labute approximate surface area is 150 Å². The summed E-state index contributed by atoms with van der Waals surface area (Å²) >= 11 is 5.95. The van der Waals surface area contributed by atoms with Crippen molar-refractivity contribution in [2.45, 2.75) is 16.8 Å². The summed E-state index contributed by atoms with van der Waals surface area (Å²) in [5, 5.41) is -0.0275. The molecule has 0 aliphatic rings. The molecule has 0 saturated carbocycles. The monoisotopic (exact) mass is 378 g/mol. The van der Waals surface area contributed by atoms with Gasteiger partial charge in [0.05, 0.1) is 24.6 Å². The first-order valence-corrected chi connectivity index (χ1v) is 9.14. The van der Waals surface area contributed by atoms with E-state index in [1.807, 2.05) is 6.92 Å². The molecule has 0 saturated heterocycles. The Balaban J connectivity index is 2.33.